The van der Waals surface area contributed by atoms with Gasteiger partial charge in [-0.05, 0) is 24.3 Å². The predicted molar refractivity (Wildman–Crippen MR) is 75.1 cm³/mol. The number of amides is 1. The van der Waals surface area contributed by atoms with Crippen molar-refractivity contribution in [3.8, 4) is 0 Å². The summed E-state index contributed by atoms with van der Waals surface area (Å²) in [6.07, 6.45) is 0. The maximum atomic E-state index is 13.5. The molecule has 0 fully saturated rings. The van der Waals surface area contributed by atoms with Crippen molar-refractivity contribution >= 4 is 23.2 Å². The van der Waals surface area contributed by atoms with E-state index in [0.717, 1.165) is 12.1 Å². The minimum absolute atomic E-state index is 0.0877. The van der Waals surface area contributed by atoms with Gasteiger partial charge in [0.05, 0.1) is 5.69 Å². The van der Waals surface area contributed by atoms with Crippen LogP contribution < -0.4 is 10.6 Å². The number of nitrogens with zero attached hydrogens (tertiary/aromatic N) is 2. The molecule has 0 unspecified atom stereocenters. The van der Waals surface area contributed by atoms with Gasteiger partial charge in [0, 0.05) is 12.0 Å². The van der Waals surface area contributed by atoms with E-state index in [1.807, 2.05) is 0 Å². The van der Waals surface area contributed by atoms with E-state index < -0.39 is 11.6 Å². The van der Waals surface area contributed by atoms with E-state index in [4.69, 9.17) is 0 Å². The first-order chi connectivity index (χ1) is 9.95. The molecule has 0 radical (unpaired) electrons. The van der Waals surface area contributed by atoms with Crippen LogP contribution in [-0.4, -0.2) is 16.1 Å². The summed E-state index contributed by atoms with van der Waals surface area (Å²) in [5.41, 5.74) is 0.0877. The number of nitrogens with one attached hydrogen (secondary N) is 2. The lowest BCUT2D eigenvalue weighted by atomic mass is 10.2. The molecule has 21 heavy (non-hydrogen) atoms. The standard InChI is InChI=1S/C14H14F2N4O/c1-8(2)14(21)18-13-6-5-12(19-20-13)17-11-4-3-9(15)7-10(11)16/h3-8H,1-2H3,(H,17,19)(H,18,20,21). The molecule has 0 spiro atoms. The van der Waals surface area contributed by atoms with Crippen molar-refractivity contribution in [1.82, 2.24) is 10.2 Å². The van der Waals surface area contributed by atoms with E-state index in [-0.39, 0.29) is 23.3 Å². The molecule has 1 aromatic heterocycles. The summed E-state index contributed by atoms with van der Waals surface area (Å²) < 4.78 is 26.3. The first-order valence-electron chi connectivity index (χ1n) is 6.32. The van der Waals surface area contributed by atoms with Gasteiger partial charge in [-0.2, -0.15) is 0 Å². The zero-order valence-corrected chi connectivity index (χ0v) is 11.5. The Hall–Kier alpha value is -2.57. The van der Waals surface area contributed by atoms with E-state index in [9.17, 15) is 13.6 Å². The van der Waals surface area contributed by atoms with Crippen LogP contribution >= 0.6 is 0 Å². The summed E-state index contributed by atoms with van der Waals surface area (Å²) in [6, 6.07) is 6.24. The minimum atomic E-state index is -0.728. The second-order valence-electron chi connectivity index (χ2n) is 4.70. The Morgan fingerprint density at radius 3 is 2.33 bits per heavy atom. The fraction of sp³-hybridized carbons (Fsp3) is 0.214. The topological polar surface area (TPSA) is 66.9 Å². The van der Waals surface area contributed by atoms with Crippen molar-refractivity contribution in [2.45, 2.75) is 13.8 Å². The van der Waals surface area contributed by atoms with Crippen LogP contribution in [0.1, 0.15) is 13.8 Å². The Morgan fingerprint density at radius 1 is 1.10 bits per heavy atom. The van der Waals surface area contributed by atoms with Crippen LogP contribution in [0, 0.1) is 17.6 Å². The molecule has 0 aliphatic carbocycles. The highest BCUT2D eigenvalue weighted by Crippen LogP contribution is 2.19. The second-order valence-corrected chi connectivity index (χ2v) is 4.70. The van der Waals surface area contributed by atoms with Crippen molar-refractivity contribution in [3.05, 3.63) is 42.0 Å². The van der Waals surface area contributed by atoms with Crippen LogP contribution in [0.5, 0.6) is 0 Å². The summed E-state index contributed by atoms with van der Waals surface area (Å²) >= 11 is 0. The Labute approximate surface area is 120 Å². The van der Waals surface area contributed by atoms with Crippen LogP contribution in [0.25, 0.3) is 0 Å². The summed E-state index contributed by atoms with van der Waals surface area (Å²) in [5, 5.41) is 12.9. The fourth-order valence-electron chi connectivity index (χ4n) is 1.46. The SMILES string of the molecule is CC(C)C(=O)Nc1ccc(Nc2ccc(F)cc2F)nn1. The molecule has 7 heteroatoms. The van der Waals surface area contributed by atoms with E-state index in [2.05, 4.69) is 20.8 Å². The third-order valence-corrected chi connectivity index (χ3v) is 2.63. The number of halogens is 2. The number of hydrogen-bond donors (Lipinski definition) is 2. The van der Waals surface area contributed by atoms with Gasteiger partial charge >= 0.3 is 0 Å². The maximum absolute atomic E-state index is 13.5. The zero-order valence-electron chi connectivity index (χ0n) is 11.5. The number of aromatic nitrogens is 2. The van der Waals surface area contributed by atoms with Gasteiger partial charge in [-0.1, -0.05) is 13.8 Å². The summed E-state index contributed by atoms with van der Waals surface area (Å²) in [5.74, 6) is -1.14. The Bertz CT molecular complexity index is 644. The summed E-state index contributed by atoms with van der Waals surface area (Å²) in [4.78, 5) is 11.5. The molecule has 110 valence electrons. The molecule has 0 saturated heterocycles. The van der Waals surface area contributed by atoms with Gasteiger partial charge in [0.25, 0.3) is 0 Å². The lowest BCUT2D eigenvalue weighted by Crippen LogP contribution is -2.18. The van der Waals surface area contributed by atoms with Crippen molar-refractivity contribution < 1.29 is 13.6 Å². The highest BCUT2D eigenvalue weighted by molar-refractivity contribution is 5.91. The largest absolute Gasteiger partial charge is 0.336 e. The van der Waals surface area contributed by atoms with Gasteiger partial charge in [-0.25, -0.2) is 8.78 Å². The Morgan fingerprint density at radius 2 is 1.76 bits per heavy atom. The number of carbonyl (C=O) groups is 1. The van der Waals surface area contributed by atoms with E-state index in [1.165, 1.54) is 18.2 Å². The third kappa shape index (κ3) is 3.95. The number of hydrogen-bond acceptors (Lipinski definition) is 4. The lowest BCUT2D eigenvalue weighted by Gasteiger charge is -2.08. The van der Waals surface area contributed by atoms with Crippen LogP contribution in [-0.2, 0) is 4.79 Å². The molecule has 0 atom stereocenters. The average molecular weight is 292 g/mol. The molecule has 5 nitrogen and oxygen atoms in total. The van der Waals surface area contributed by atoms with Crippen molar-refractivity contribution in [2.75, 3.05) is 10.6 Å². The molecule has 1 amide bonds. The molecule has 2 aromatic rings. The number of rotatable bonds is 4. The quantitative estimate of drug-likeness (QED) is 0.908. The van der Waals surface area contributed by atoms with Gasteiger partial charge in [-0.3, -0.25) is 4.79 Å². The molecule has 0 aliphatic heterocycles. The van der Waals surface area contributed by atoms with E-state index >= 15 is 0 Å². The van der Waals surface area contributed by atoms with Crippen LogP contribution in [0.3, 0.4) is 0 Å². The molecule has 1 aromatic carbocycles. The third-order valence-electron chi connectivity index (χ3n) is 2.63. The number of anilines is 3. The van der Waals surface area contributed by atoms with Gasteiger partial charge in [0.15, 0.2) is 11.6 Å². The van der Waals surface area contributed by atoms with Gasteiger partial charge < -0.3 is 10.6 Å². The molecule has 0 aliphatic rings. The minimum Gasteiger partial charge on any atom is -0.336 e. The van der Waals surface area contributed by atoms with Crippen molar-refractivity contribution in [3.63, 3.8) is 0 Å². The smallest absolute Gasteiger partial charge is 0.228 e. The van der Waals surface area contributed by atoms with Gasteiger partial charge in [0.2, 0.25) is 5.91 Å². The van der Waals surface area contributed by atoms with Crippen LogP contribution in [0.15, 0.2) is 30.3 Å². The highest BCUT2D eigenvalue weighted by atomic mass is 19.1. The molecule has 1 heterocycles. The zero-order chi connectivity index (χ0) is 15.4. The fourth-order valence-corrected chi connectivity index (χ4v) is 1.46. The predicted octanol–water partition coefficient (Wildman–Crippen LogP) is 3.09. The second kappa shape index (κ2) is 6.25. The monoisotopic (exact) mass is 292 g/mol. The molecule has 0 saturated carbocycles. The van der Waals surface area contributed by atoms with Gasteiger partial charge in [0.1, 0.15) is 11.6 Å². The van der Waals surface area contributed by atoms with E-state index in [0.29, 0.717) is 5.82 Å². The molecule has 0 bridgehead atoms. The van der Waals surface area contributed by atoms with Gasteiger partial charge in [-0.15, -0.1) is 10.2 Å². The molecular weight excluding hydrogens is 278 g/mol. The molecule has 2 rings (SSSR count). The summed E-state index contributed by atoms with van der Waals surface area (Å²) in [6.45, 7) is 3.52. The lowest BCUT2D eigenvalue weighted by molar-refractivity contribution is -0.118. The van der Waals surface area contributed by atoms with E-state index in [1.54, 1.807) is 13.8 Å². The van der Waals surface area contributed by atoms with Crippen molar-refractivity contribution in [1.29, 1.82) is 0 Å². The molecule has 2 N–H and O–H groups in total. The van der Waals surface area contributed by atoms with Crippen LogP contribution in [0.4, 0.5) is 26.1 Å². The first-order valence-corrected chi connectivity index (χ1v) is 6.32. The normalized spacial score (nSPS) is 10.5. The highest BCUT2D eigenvalue weighted by Gasteiger charge is 2.09. The molecular formula is C14H14F2N4O. The summed E-state index contributed by atoms with van der Waals surface area (Å²) in [7, 11) is 0. The van der Waals surface area contributed by atoms with Crippen LogP contribution in [0.2, 0.25) is 0 Å². The maximum Gasteiger partial charge on any atom is 0.228 e. The Balaban J connectivity index is 2.07. The van der Waals surface area contributed by atoms with Crippen molar-refractivity contribution in [2.24, 2.45) is 5.92 Å². The Kier molecular flexibility index (Phi) is 4.42. The number of carbonyl (C=O) groups excluding carboxylic acids is 1. The first kappa shape index (κ1) is 14.8. The number of benzene rings is 1. The average Bonchev–Trinajstić information content (AvgIpc) is 2.43.